The average molecular weight is 360 g/mol. The van der Waals surface area contributed by atoms with Crippen LogP contribution < -0.4 is 9.62 Å². The molecule has 0 aromatic heterocycles. The van der Waals surface area contributed by atoms with Crippen molar-refractivity contribution >= 4 is 27.3 Å². The second-order valence-electron chi connectivity index (χ2n) is 6.02. The smallest absolute Gasteiger partial charge is 0.255 e. The highest BCUT2D eigenvalue weighted by atomic mass is 32.2. The lowest BCUT2D eigenvalue weighted by atomic mass is 10.1. The van der Waals surface area contributed by atoms with Crippen LogP contribution in [-0.2, 0) is 27.8 Å². The van der Waals surface area contributed by atoms with Crippen LogP contribution in [0.2, 0.25) is 0 Å². The Kier molecular flexibility index (Phi) is 4.78. The van der Waals surface area contributed by atoms with Crippen molar-refractivity contribution < 1.29 is 17.9 Å². The van der Waals surface area contributed by atoms with E-state index in [0.717, 1.165) is 11.1 Å². The highest BCUT2D eigenvalue weighted by Gasteiger charge is 2.26. The first kappa shape index (κ1) is 17.4. The summed E-state index contributed by atoms with van der Waals surface area (Å²) in [5, 5.41) is 2.86. The fourth-order valence-electron chi connectivity index (χ4n) is 2.97. The van der Waals surface area contributed by atoms with Crippen LogP contribution in [0.1, 0.15) is 21.5 Å². The summed E-state index contributed by atoms with van der Waals surface area (Å²) in [5.74, 6) is -0.227. The van der Waals surface area contributed by atoms with Crippen molar-refractivity contribution in [3.05, 3.63) is 59.2 Å². The Morgan fingerprint density at radius 2 is 2.04 bits per heavy atom. The number of nitrogens with zero attached hydrogens (tertiary/aromatic N) is 1. The highest BCUT2D eigenvalue weighted by molar-refractivity contribution is 7.92. The Morgan fingerprint density at radius 3 is 2.76 bits per heavy atom. The van der Waals surface area contributed by atoms with Gasteiger partial charge < -0.3 is 10.1 Å². The first-order valence-electron chi connectivity index (χ1n) is 7.88. The zero-order valence-corrected chi connectivity index (χ0v) is 15.0. The molecule has 1 amide bonds. The number of ether oxygens (including phenoxy) is 1. The number of hydrogen-bond acceptors (Lipinski definition) is 4. The standard InChI is InChI=1S/C18H20N2O4S/c1-24-12-13-4-3-5-16(10-13)19-18(21)15-6-7-17-14(11-15)8-9-20(17)25(2,22)23/h3-7,10-11H,8-9,12H2,1-2H3,(H,19,21). The van der Waals surface area contributed by atoms with Gasteiger partial charge in [0.1, 0.15) is 0 Å². The summed E-state index contributed by atoms with van der Waals surface area (Å²) in [6, 6.07) is 12.6. The lowest BCUT2D eigenvalue weighted by molar-refractivity contribution is 0.102. The molecule has 0 spiro atoms. The summed E-state index contributed by atoms with van der Waals surface area (Å²) >= 11 is 0. The van der Waals surface area contributed by atoms with E-state index in [1.165, 1.54) is 10.6 Å². The lowest BCUT2D eigenvalue weighted by Crippen LogP contribution is -2.27. The number of hydrogen-bond donors (Lipinski definition) is 1. The number of carbonyl (C=O) groups excluding carboxylic acids is 1. The Balaban J connectivity index is 1.79. The number of carbonyl (C=O) groups is 1. The third-order valence-corrected chi connectivity index (χ3v) is 5.27. The minimum atomic E-state index is -3.29. The SMILES string of the molecule is COCc1cccc(NC(=O)c2ccc3c(c2)CCN3S(C)(=O)=O)c1. The Labute approximate surface area is 147 Å². The number of nitrogens with one attached hydrogen (secondary N) is 1. The predicted molar refractivity (Wildman–Crippen MR) is 97.4 cm³/mol. The van der Waals surface area contributed by atoms with Gasteiger partial charge in [0, 0.05) is 24.9 Å². The van der Waals surface area contributed by atoms with E-state index in [1.807, 2.05) is 24.3 Å². The molecule has 7 heteroatoms. The lowest BCUT2D eigenvalue weighted by Gasteiger charge is -2.16. The van der Waals surface area contributed by atoms with Crippen LogP contribution in [0.4, 0.5) is 11.4 Å². The van der Waals surface area contributed by atoms with Gasteiger partial charge in [-0.15, -0.1) is 0 Å². The summed E-state index contributed by atoms with van der Waals surface area (Å²) in [5.41, 5.74) is 3.69. The molecule has 0 aliphatic carbocycles. The summed E-state index contributed by atoms with van der Waals surface area (Å²) in [7, 11) is -1.67. The minimum Gasteiger partial charge on any atom is -0.380 e. The third-order valence-electron chi connectivity index (χ3n) is 4.09. The molecule has 0 unspecified atom stereocenters. The number of sulfonamides is 1. The van der Waals surface area contributed by atoms with Gasteiger partial charge in [0.15, 0.2) is 0 Å². The molecular formula is C18H20N2O4S. The highest BCUT2D eigenvalue weighted by Crippen LogP contribution is 2.30. The minimum absolute atomic E-state index is 0.227. The molecule has 0 saturated carbocycles. The van der Waals surface area contributed by atoms with Crippen molar-refractivity contribution in [1.82, 2.24) is 0 Å². The van der Waals surface area contributed by atoms with Crippen LogP contribution >= 0.6 is 0 Å². The van der Waals surface area contributed by atoms with Crippen LogP contribution in [0.25, 0.3) is 0 Å². The Morgan fingerprint density at radius 1 is 1.24 bits per heavy atom. The zero-order valence-electron chi connectivity index (χ0n) is 14.2. The van der Waals surface area contributed by atoms with Crippen molar-refractivity contribution in [2.24, 2.45) is 0 Å². The molecule has 25 heavy (non-hydrogen) atoms. The van der Waals surface area contributed by atoms with Gasteiger partial charge in [-0.3, -0.25) is 9.10 Å². The second kappa shape index (κ2) is 6.85. The quantitative estimate of drug-likeness (QED) is 0.888. The molecular weight excluding hydrogens is 340 g/mol. The van der Waals surface area contributed by atoms with Gasteiger partial charge in [-0.2, -0.15) is 0 Å². The van der Waals surface area contributed by atoms with Gasteiger partial charge in [-0.25, -0.2) is 8.42 Å². The monoisotopic (exact) mass is 360 g/mol. The van der Waals surface area contributed by atoms with E-state index < -0.39 is 10.0 Å². The maximum atomic E-state index is 12.5. The van der Waals surface area contributed by atoms with Crippen LogP contribution in [0.5, 0.6) is 0 Å². The van der Waals surface area contributed by atoms with E-state index in [4.69, 9.17) is 4.74 Å². The molecule has 1 N–H and O–H groups in total. The second-order valence-corrected chi connectivity index (χ2v) is 7.92. The van der Waals surface area contributed by atoms with E-state index in [2.05, 4.69) is 5.32 Å². The van der Waals surface area contributed by atoms with Crippen molar-refractivity contribution in [3.8, 4) is 0 Å². The van der Waals surface area contributed by atoms with Crippen LogP contribution in [0, 0.1) is 0 Å². The molecule has 0 saturated heterocycles. The molecule has 0 bridgehead atoms. The van der Waals surface area contributed by atoms with Gasteiger partial charge in [0.05, 0.1) is 18.6 Å². The Hall–Kier alpha value is -2.38. The first-order valence-corrected chi connectivity index (χ1v) is 9.73. The van der Waals surface area contributed by atoms with Gasteiger partial charge in [0.2, 0.25) is 10.0 Å². The van der Waals surface area contributed by atoms with Crippen molar-refractivity contribution in [3.63, 3.8) is 0 Å². The average Bonchev–Trinajstić information content (AvgIpc) is 2.98. The number of fused-ring (bicyclic) bond motifs is 1. The number of methoxy groups -OCH3 is 1. The molecule has 1 heterocycles. The molecule has 132 valence electrons. The summed E-state index contributed by atoms with van der Waals surface area (Å²) in [6.45, 7) is 0.891. The van der Waals surface area contributed by atoms with E-state index in [9.17, 15) is 13.2 Å². The molecule has 0 atom stereocenters. The van der Waals surface area contributed by atoms with E-state index in [-0.39, 0.29) is 5.91 Å². The van der Waals surface area contributed by atoms with Crippen LogP contribution in [-0.4, -0.2) is 34.2 Å². The number of amides is 1. The molecule has 0 radical (unpaired) electrons. The molecule has 1 aliphatic rings. The number of rotatable bonds is 5. The molecule has 1 aliphatic heterocycles. The van der Waals surface area contributed by atoms with E-state index in [1.54, 1.807) is 25.3 Å². The van der Waals surface area contributed by atoms with Gasteiger partial charge >= 0.3 is 0 Å². The molecule has 0 fully saturated rings. The number of benzene rings is 2. The van der Waals surface area contributed by atoms with Crippen molar-refractivity contribution in [2.75, 3.05) is 29.5 Å². The molecule has 3 rings (SSSR count). The fourth-order valence-corrected chi connectivity index (χ4v) is 3.92. The predicted octanol–water partition coefficient (Wildman–Crippen LogP) is 2.41. The van der Waals surface area contributed by atoms with Gasteiger partial charge in [-0.1, -0.05) is 12.1 Å². The van der Waals surface area contributed by atoms with E-state index in [0.29, 0.717) is 36.5 Å². The van der Waals surface area contributed by atoms with Crippen molar-refractivity contribution in [1.29, 1.82) is 0 Å². The normalized spacial score (nSPS) is 13.6. The fraction of sp³-hybridized carbons (Fsp3) is 0.278. The molecule has 2 aromatic rings. The first-order chi connectivity index (χ1) is 11.9. The number of anilines is 2. The van der Waals surface area contributed by atoms with Gasteiger partial charge in [0.25, 0.3) is 5.91 Å². The van der Waals surface area contributed by atoms with E-state index >= 15 is 0 Å². The Bertz CT molecular complexity index is 909. The molecule has 6 nitrogen and oxygen atoms in total. The van der Waals surface area contributed by atoms with Crippen LogP contribution in [0.3, 0.4) is 0 Å². The summed E-state index contributed by atoms with van der Waals surface area (Å²) in [6.07, 6.45) is 1.79. The maximum Gasteiger partial charge on any atom is 0.255 e. The maximum absolute atomic E-state index is 12.5. The topological polar surface area (TPSA) is 75.7 Å². The largest absolute Gasteiger partial charge is 0.380 e. The van der Waals surface area contributed by atoms with Crippen LogP contribution in [0.15, 0.2) is 42.5 Å². The summed E-state index contributed by atoms with van der Waals surface area (Å²) < 4.78 is 30.0. The third kappa shape index (κ3) is 3.83. The van der Waals surface area contributed by atoms with Gasteiger partial charge in [-0.05, 0) is 47.9 Å². The summed E-state index contributed by atoms with van der Waals surface area (Å²) in [4.78, 5) is 12.5. The van der Waals surface area contributed by atoms with Crippen molar-refractivity contribution in [2.45, 2.75) is 13.0 Å². The zero-order chi connectivity index (χ0) is 18.0. The molecule has 2 aromatic carbocycles.